The Labute approximate surface area is 90.7 Å². The monoisotopic (exact) mass is 252 g/mol. The van der Waals surface area contributed by atoms with Crippen LogP contribution >= 0.6 is 15.9 Å². The molecule has 0 bridgehead atoms. The fraction of sp³-hybridized carbons (Fsp3) is 0.273. The van der Waals surface area contributed by atoms with Gasteiger partial charge >= 0.3 is 0 Å². The average Bonchev–Trinajstić information content (AvgIpc) is 2.71. The van der Waals surface area contributed by atoms with Gasteiger partial charge in [0.25, 0.3) is 0 Å². The first-order chi connectivity index (χ1) is 6.75. The van der Waals surface area contributed by atoms with E-state index in [9.17, 15) is 0 Å². The van der Waals surface area contributed by atoms with Crippen molar-refractivity contribution in [3.63, 3.8) is 0 Å². The average molecular weight is 253 g/mol. The third-order valence-electron chi connectivity index (χ3n) is 2.57. The molecule has 0 saturated carbocycles. The summed E-state index contributed by atoms with van der Waals surface area (Å²) in [7, 11) is 0. The summed E-state index contributed by atoms with van der Waals surface area (Å²) in [6, 6.07) is 0. The smallest absolute Gasteiger partial charge is 0.190 e. The minimum atomic E-state index is -0.00123. The molecule has 0 radical (unpaired) electrons. The summed E-state index contributed by atoms with van der Waals surface area (Å²) in [5.41, 5.74) is 3.71. The van der Waals surface area contributed by atoms with Crippen molar-refractivity contribution in [3.05, 3.63) is 45.2 Å². The first-order valence-corrected chi connectivity index (χ1v) is 5.31. The van der Waals surface area contributed by atoms with Gasteiger partial charge in [-0.15, -0.1) is 0 Å². The minimum absolute atomic E-state index is 0.00123. The first kappa shape index (κ1) is 8.50. The first-order valence-electron chi connectivity index (χ1n) is 4.52. The summed E-state index contributed by atoms with van der Waals surface area (Å²) in [5.74, 6) is 0.906. The van der Waals surface area contributed by atoms with Gasteiger partial charge in [0.15, 0.2) is 6.79 Å². The Kier molecular flexibility index (Phi) is 1.73. The second-order valence-corrected chi connectivity index (χ2v) is 4.39. The van der Waals surface area contributed by atoms with E-state index in [0.29, 0.717) is 6.79 Å². The highest BCUT2D eigenvalue weighted by atomic mass is 79.9. The molecule has 0 spiro atoms. The van der Waals surface area contributed by atoms with Crippen LogP contribution in [0.1, 0.15) is 6.92 Å². The van der Waals surface area contributed by atoms with Gasteiger partial charge in [0.1, 0.15) is 11.9 Å². The molecule has 1 atom stereocenters. The molecule has 14 heavy (non-hydrogen) atoms. The number of halogens is 1. The second kappa shape index (κ2) is 2.84. The molecule has 1 fully saturated rings. The predicted octanol–water partition coefficient (Wildman–Crippen LogP) is 2.79. The van der Waals surface area contributed by atoms with Crippen LogP contribution in [0.25, 0.3) is 0 Å². The second-order valence-electron chi connectivity index (χ2n) is 3.60. The van der Waals surface area contributed by atoms with Gasteiger partial charge < -0.3 is 9.47 Å². The molecule has 2 nitrogen and oxygen atoms in total. The molecular formula is C11H9BrO2. The van der Waals surface area contributed by atoms with Crippen molar-refractivity contribution in [2.24, 2.45) is 0 Å². The third kappa shape index (κ3) is 1.06. The quantitative estimate of drug-likeness (QED) is 0.660. The molecule has 3 heteroatoms. The molecule has 0 amide bonds. The molecule has 0 aromatic carbocycles. The van der Waals surface area contributed by atoms with Crippen molar-refractivity contribution in [1.82, 2.24) is 0 Å². The summed E-state index contributed by atoms with van der Waals surface area (Å²) in [6.45, 7) is 2.45. The maximum absolute atomic E-state index is 5.43. The highest BCUT2D eigenvalue weighted by Crippen LogP contribution is 2.41. The molecule has 1 heterocycles. The van der Waals surface area contributed by atoms with Gasteiger partial charge in [-0.05, 0) is 45.6 Å². The minimum Gasteiger partial charge on any atom is -0.468 e. The number of hydrogen-bond donors (Lipinski definition) is 0. The number of ether oxygens (including phenoxy) is 2. The highest BCUT2D eigenvalue weighted by Gasteiger charge is 2.32. The fourth-order valence-electron chi connectivity index (χ4n) is 1.94. The Bertz CT molecular complexity index is 427. The summed E-state index contributed by atoms with van der Waals surface area (Å²) < 4.78 is 11.9. The van der Waals surface area contributed by atoms with E-state index in [2.05, 4.69) is 41.1 Å². The maximum atomic E-state index is 5.43. The number of allylic oxidation sites excluding steroid dienone is 6. The largest absolute Gasteiger partial charge is 0.468 e. The lowest BCUT2D eigenvalue weighted by Crippen LogP contribution is -2.11. The summed E-state index contributed by atoms with van der Waals surface area (Å²) in [5, 5.41) is 0. The van der Waals surface area contributed by atoms with Crippen molar-refractivity contribution in [2.45, 2.75) is 13.0 Å². The van der Waals surface area contributed by atoms with Crippen LogP contribution in [0.3, 0.4) is 0 Å². The molecule has 2 aliphatic carbocycles. The lowest BCUT2D eigenvalue weighted by Gasteiger charge is -2.16. The Morgan fingerprint density at radius 1 is 1.43 bits per heavy atom. The zero-order chi connectivity index (χ0) is 9.71. The maximum Gasteiger partial charge on any atom is 0.190 e. The van der Waals surface area contributed by atoms with Crippen molar-refractivity contribution in [2.75, 3.05) is 6.79 Å². The van der Waals surface area contributed by atoms with Crippen LogP contribution in [0.2, 0.25) is 0 Å². The van der Waals surface area contributed by atoms with Crippen molar-refractivity contribution >= 4 is 15.9 Å². The van der Waals surface area contributed by atoms with E-state index in [1.807, 2.05) is 0 Å². The van der Waals surface area contributed by atoms with Gasteiger partial charge in [-0.2, -0.15) is 0 Å². The van der Waals surface area contributed by atoms with Crippen LogP contribution in [0, 0.1) is 0 Å². The normalized spacial score (nSPS) is 29.0. The van der Waals surface area contributed by atoms with Crippen molar-refractivity contribution in [3.8, 4) is 0 Å². The van der Waals surface area contributed by atoms with E-state index in [1.54, 1.807) is 0 Å². The zero-order valence-corrected chi connectivity index (χ0v) is 9.30. The van der Waals surface area contributed by atoms with Crippen molar-refractivity contribution < 1.29 is 9.47 Å². The van der Waals surface area contributed by atoms with E-state index in [-0.39, 0.29) is 6.10 Å². The molecule has 72 valence electrons. The van der Waals surface area contributed by atoms with Gasteiger partial charge in [-0.3, -0.25) is 0 Å². The number of hydrogen-bond acceptors (Lipinski definition) is 2. The van der Waals surface area contributed by atoms with Gasteiger partial charge in [0.05, 0.1) is 4.48 Å². The third-order valence-corrected chi connectivity index (χ3v) is 3.39. The standard InChI is InChI=1S/C11H9BrO2/c1-6-2-7-4-9-11(14-5-13-9)10(12)8(7)3-6/h2-4,9H,5H2,1H3. The SMILES string of the molecule is CC1=CC2=CC3OCOC3=C(Br)C2=C1. The topological polar surface area (TPSA) is 18.5 Å². The van der Waals surface area contributed by atoms with Crippen LogP contribution in [0.5, 0.6) is 0 Å². The summed E-state index contributed by atoms with van der Waals surface area (Å²) in [4.78, 5) is 0. The molecule has 0 N–H and O–H groups in total. The van der Waals surface area contributed by atoms with Crippen molar-refractivity contribution in [1.29, 1.82) is 0 Å². The number of fused-ring (bicyclic) bond motifs is 2. The summed E-state index contributed by atoms with van der Waals surface area (Å²) >= 11 is 3.56. The Morgan fingerprint density at radius 3 is 3.14 bits per heavy atom. The Hall–Kier alpha value is -0.800. The zero-order valence-electron chi connectivity index (χ0n) is 7.71. The van der Waals surface area contributed by atoms with Gasteiger partial charge in [-0.1, -0.05) is 12.2 Å². The van der Waals surface area contributed by atoms with Crippen LogP contribution < -0.4 is 0 Å². The molecule has 1 aliphatic heterocycles. The van der Waals surface area contributed by atoms with E-state index in [1.165, 1.54) is 16.7 Å². The van der Waals surface area contributed by atoms with Gasteiger partial charge in [0.2, 0.25) is 0 Å². The predicted molar refractivity (Wildman–Crippen MR) is 56.7 cm³/mol. The van der Waals surface area contributed by atoms with E-state index in [4.69, 9.17) is 9.47 Å². The molecule has 3 rings (SSSR count). The molecule has 1 unspecified atom stereocenters. The lowest BCUT2D eigenvalue weighted by atomic mass is 10.00. The van der Waals surface area contributed by atoms with Crippen LogP contribution in [-0.4, -0.2) is 12.9 Å². The molecule has 0 aromatic rings. The molecular weight excluding hydrogens is 244 g/mol. The highest BCUT2D eigenvalue weighted by molar-refractivity contribution is 9.12. The van der Waals surface area contributed by atoms with Crippen LogP contribution in [0.4, 0.5) is 0 Å². The molecule has 3 aliphatic rings. The lowest BCUT2D eigenvalue weighted by molar-refractivity contribution is 0.0629. The Balaban J connectivity index is 2.14. The number of rotatable bonds is 0. The van der Waals surface area contributed by atoms with E-state index >= 15 is 0 Å². The van der Waals surface area contributed by atoms with Gasteiger partial charge in [-0.25, -0.2) is 0 Å². The van der Waals surface area contributed by atoms with Crippen LogP contribution in [-0.2, 0) is 9.47 Å². The van der Waals surface area contributed by atoms with E-state index < -0.39 is 0 Å². The summed E-state index contributed by atoms with van der Waals surface area (Å²) in [6.07, 6.45) is 6.42. The van der Waals surface area contributed by atoms with Gasteiger partial charge in [0, 0.05) is 0 Å². The Morgan fingerprint density at radius 2 is 2.29 bits per heavy atom. The van der Waals surface area contributed by atoms with E-state index in [0.717, 1.165) is 10.2 Å². The van der Waals surface area contributed by atoms with Crippen LogP contribution in [0.15, 0.2) is 45.2 Å². The molecule has 0 aromatic heterocycles. The molecule has 1 saturated heterocycles. The fourth-order valence-corrected chi connectivity index (χ4v) is 2.62.